The van der Waals surface area contributed by atoms with Gasteiger partial charge in [0.15, 0.2) is 0 Å². The minimum atomic E-state index is -2.78. The van der Waals surface area contributed by atoms with Gasteiger partial charge in [-0.2, -0.15) is 0 Å². The molecule has 0 saturated heterocycles. The first-order valence-corrected chi connectivity index (χ1v) is 15.9. The summed E-state index contributed by atoms with van der Waals surface area (Å²) >= 11 is -2.78. The van der Waals surface area contributed by atoms with Gasteiger partial charge in [-0.15, -0.1) is 0 Å². The Kier molecular flexibility index (Phi) is 16.1. The second-order valence-corrected chi connectivity index (χ2v) is 15.9. The standard InChI is InChI=1S/2C6H13.2C3H7O.Sn/c2*1-3-5-6-4-2;2*1-2-3-4;/h2*1,3-6H2,2H3;2*2-3H2,1H3;/q;;2*-1;+2. The number of hydrogen-bond donors (Lipinski definition) is 0. The monoisotopic (exact) mass is 408 g/mol. The predicted octanol–water partition coefficient (Wildman–Crippen LogP) is 6.44. The molecule has 0 N–H and O–H groups in total. The summed E-state index contributed by atoms with van der Waals surface area (Å²) in [6.45, 7) is 10.8. The van der Waals surface area contributed by atoms with Gasteiger partial charge in [-0.3, -0.25) is 0 Å². The third-order valence-electron chi connectivity index (χ3n) is 3.96. The van der Waals surface area contributed by atoms with Gasteiger partial charge in [-0.05, 0) is 0 Å². The summed E-state index contributed by atoms with van der Waals surface area (Å²) in [6.07, 6.45) is 12.9. The molecule has 0 spiro atoms. The summed E-state index contributed by atoms with van der Waals surface area (Å²) < 4.78 is 15.4. The van der Waals surface area contributed by atoms with Crippen molar-refractivity contribution in [3.63, 3.8) is 0 Å². The molecule has 0 heterocycles. The molecule has 0 fully saturated rings. The molecule has 0 atom stereocenters. The van der Waals surface area contributed by atoms with Crippen molar-refractivity contribution >= 4 is 19.2 Å². The number of unbranched alkanes of at least 4 members (excludes halogenated alkanes) is 6. The van der Waals surface area contributed by atoms with Crippen LogP contribution in [0.4, 0.5) is 0 Å². The van der Waals surface area contributed by atoms with Gasteiger partial charge in [0.25, 0.3) is 0 Å². The molecule has 0 rings (SSSR count). The van der Waals surface area contributed by atoms with Gasteiger partial charge in [0.05, 0.1) is 0 Å². The van der Waals surface area contributed by atoms with E-state index in [1.54, 1.807) is 0 Å². The van der Waals surface area contributed by atoms with Crippen LogP contribution in [0.25, 0.3) is 0 Å². The van der Waals surface area contributed by atoms with Crippen molar-refractivity contribution in [2.75, 3.05) is 13.2 Å². The van der Waals surface area contributed by atoms with Crippen LogP contribution < -0.4 is 0 Å². The van der Waals surface area contributed by atoms with E-state index in [4.69, 9.17) is 6.15 Å². The normalized spacial score (nSPS) is 12.0. The van der Waals surface area contributed by atoms with Gasteiger partial charge in [0, 0.05) is 0 Å². The van der Waals surface area contributed by atoms with E-state index in [2.05, 4.69) is 27.7 Å². The fourth-order valence-electron chi connectivity index (χ4n) is 2.67. The van der Waals surface area contributed by atoms with Crippen LogP contribution in [0.2, 0.25) is 8.87 Å². The first-order valence-electron chi connectivity index (χ1n) is 9.52. The first kappa shape index (κ1) is 21.7. The van der Waals surface area contributed by atoms with E-state index in [0.717, 1.165) is 26.1 Å². The zero-order valence-corrected chi connectivity index (χ0v) is 18.1. The fourth-order valence-corrected chi connectivity index (χ4v) is 13.1. The van der Waals surface area contributed by atoms with Gasteiger partial charge in [0.2, 0.25) is 0 Å². The van der Waals surface area contributed by atoms with Crippen molar-refractivity contribution in [2.24, 2.45) is 0 Å². The molecule has 0 unspecified atom stereocenters. The van der Waals surface area contributed by atoms with E-state index in [9.17, 15) is 0 Å². The number of hydrogen-bond acceptors (Lipinski definition) is 2. The summed E-state index contributed by atoms with van der Waals surface area (Å²) in [5.41, 5.74) is 0. The Balaban J connectivity index is 4.43. The molecule has 0 amide bonds. The molecule has 3 heteroatoms. The molecule has 128 valence electrons. The van der Waals surface area contributed by atoms with Crippen molar-refractivity contribution in [3.05, 3.63) is 0 Å². The van der Waals surface area contributed by atoms with Crippen molar-refractivity contribution in [2.45, 2.75) is 101 Å². The molecule has 0 aliphatic carbocycles. The van der Waals surface area contributed by atoms with Crippen LogP contribution in [0.15, 0.2) is 0 Å². The quantitative estimate of drug-likeness (QED) is 0.217. The maximum absolute atomic E-state index is 6.43. The Morgan fingerprint density at radius 1 is 0.524 bits per heavy atom. The van der Waals surface area contributed by atoms with Gasteiger partial charge in [0.1, 0.15) is 0 Å². The van der Waals surface area contributed by atoms with E-state index >= 15 is 0 Å². The third kappa shape index (κ3) is 11.9. The van der Waals surface area contributed by atoms with Crippen LogP contribution in [0, 0.1) is 0 Å². The molecule has 0 aromatic heterocycles. The minimum absolute atomic E-state index is 0.918. The third-order valence-corrected chi connectivity index (χ3v) is 14.5. The summed E-state index contributed by atoms with van der Waals surface area (Å²) in [5.74, 6) is 0. The molecular formula is C18H40O2Sn. The van der Waals surface area contributed by atoms with Crippen molar-refractivity contribution in [3.8, 4) is 0 Å². The Hall–Kier alpha value is 0.719. The van der Waals surface area contributed by atoms with Crippen molar-refractivity contribution in [1.29, 1.82) is 0 Å². The molecule has 21 heavy (non-hydrogen) atoms. The fraction of sp³-hybridized carbons (Fsp3) is 1.00. The Bertz CT molecular complexity index is 187. The van der Waals surface area contributed by atoms with E-state index in [-0.39, 0.29) is 0 Å². The van der Waals surface area contributed by atoms with Gasteiger partial charge < -0.3 is 0 Å². The van der Waals surface area contributed by atoms with Crippen LogP contribution in [0.1, 0.15) is 91.9 Å². The average molecular weight is 407 g/mol. The summed E-state index contributed by atoms with van der Waals surface area (Å²) in [4.78, 5) is 0. The van der Waals surface area contributed by atoms with E-state index in [1.807, 2.05) is 0 Å². The Morgan fingerprint density at radius 2 is 0.952 bits per heavy atom. The molecule has 0 saturated carbocycles. The average Bonchev–Trinajstić information content (AvgIpc) is 2.51. The van der Waals surface area contributed by atoms with Crippen LogP contribution >= 0.6 is 0 Å². The molecule has 0 aliphatic heterocycles. The molecule has 0 bridgehead atoms. The Labute approximate surface area is 139 Å². The maximum atomic E-state index is 6.43. The van der Waals surface area contributed by atoms with Gasteiger partial charge >= 0.3 is 139 Å². The van der Waals surface area contributed by atoms with E-state index in [0.29, 0.717) is 0 Å². The second-order valence-electron chi connectivity index (χ2n) is 6.23. The van der Waals surface area contributed by atoms with Crippen molar-refractivity contribution < 1.29 is 6.15 Å². The topological polar surface area (TPSA) is 18.5 Å². The van der Waals surface area contributed by atoms with Crippen molar-refractivity contribution in [1.82, 2.24) is 0 Å². The zero-order valence-electron chi connectivity index (χ0n) is 15.2. The summed E-state index contributed by atoms with van der Waals surface area (Å²) in [6, 6.07) is 0. The van der Waals surface area contributed by atoms with Crippen LogP contribution in [0.3, 0.4) is 0 Å². The van der Waals surface area contributed by atoms with Crippen LogP contribution in [0.5, 0.6) is 0 Å². The molecule has 0 radical (unpaired) electrons. The van der Waals surface area contributed by atoms with Crippen LogP contribution in [-0.2, 0) is 6.15 Å². The van der Waals surface area contributed by atoms with Crippen LogP contribution in [-0.4, -0.2) is 32.4 Å². The Morgan fingerprint density at radius 3 is 1.29 bits per heavy atom. The first-order chi connectivity index (χ1) is 10.2. The second kappa shape index (κ2) is 15.6. The van der Waals surface area contributed by atoms with Gasteiger partial charge in [-0.1, -0.05) is 0 Å². The van der Waals surface area contributed by atoms with Gasteiger partial charge in [-0.25, -0.2) is 0 Å². The number of rotatable bonds is 16. The molecule has 0 aromatic carbocycles. The molecule has 2 nitrogen and oxygen atoms in total. The predicted molar refractivity (Wildman–Crippen MR) is 96.1 cm³/mol. The summed E-state index contributed by atoms with van der Waals surface area (Å²) in [7, 11) is 0. The van der Waals surface area contributed by atoms with E-state index in [1.165, 1.54) is 60.2 Å². The molecule has 0 aromatic rings. The van der Waals surface area contributed by atoms with E-state index < -0.39 is 19.2 Å². The summed E-state index contributed by atoms with van der Waals surface area (Å²) in [5, 5.41) is 0. The molecular weight excluding hydrogens is 367 g/mol. The molecule has 0 aliphatic rings. The SMILES string of the molecule is CCCCC[CH2][Sn]([CH2]CCCCC)([O]CCC)[O]CCC. The zero-order chi connectivity index (χ0) is 15.8.